The summed E-state index contributed by atoms with van der Waals surface area (Å²) >= 11 is 4.03. The zero-order chi connectivity index (χ0) is 22.1. The molecule has 4 unspecified atom stereocenters. The van der Waals surface area contributed by atoms with Crippen LogP contribution in [0.4, 0.5) is 0 Å². The van der Waals surface area contributed by atoms with Gasteiger partial charge >= 0.3 is 5.97 Å². The predicted molar refractivity (Wildman–Crippen MR) is 108 cm³/mol. The Hall–Kier alpha value is -2.79. The van der Waals surface area contributed by atoms with Crippen molar-refractivity contribution >= 4 is 36.3 Å². The number of hydrogen-bond acceptors (Lipinski definition) is 7. The highest BCUT2D eigenvalue weighted by Gasteiger charge is 2.28. The predicted octanol–water partition coefficient (Wildman–Crippen LogP) is -1.23. The van der Waals surface area contributed by atoms with Gasteiger partial charge in [-0.15, -0.1) is 0 Å². The van der Waals surface area contributed by atoms with Crippen LogP contribution in [0.1, 0.15) is 19.4 Å². The Labute approximate surface area is 173 Å². The number of aliphatic carboxylic acids is 1. The Balaban J connectivity index is 2.92. The maximum Gasteiger partial charge on any atom is 0.325 e. The number of nitrogens with two attached hydrogens (primary N) is 1. The fourth-order valence-corrected chi connectivity index (χ4v) is 2.48. The molecule has 0 saturated heterocycles. The summed E-state index contributed by atoms with van der Waals surface area (Å²) in [5.74, 6) is -3.20. The van der Waals surface area contributed by atoms with Gasteiger partial charge in [0.2, 0.25) is 17.7 Å². The summed E-state index contributed by atoms with van der Waals surface area (Å²) in [5, 5.41) is 25.5. The van der Waals surface area contributed by atoms with Gasteiger partial charge in [0, 0.05) is 12.2 Å². The number of phenolic OH excluding ortho intramolecular Hbond substituents is 1. The Morgan fingerprint density at radius 3 is 1.97 bits per heavy atom. The van der Waals surface area contributed by atoms with E-state index in [2.05, 4.69) is 28.6 Å². The average molecular weight is 426 g/mol. The van der Waals surface area contributed by atoms with Gasteiger partial charge in [0.1, 0.15) is 23.9 Å². The van der Waals surface area contributed by atoms with Gasteiger partial charge in [-0.2, -0.15) is 12.6 Å². The summed E-state index contributed by atoms with van der Waals surface area (Å²) in [4.78, 5) is 47.8. The smallest absolute Gasteiger partial charge is 0.325 e. The molecule has 0 saturated carbocycles. The number of carbonyl (C=O) groups is 4. The number of carboxylic acids is 1. The van der Waals surface area contributed by atoms with Gasteiger partial charge in [-0.25, -0.2) is 0 Å². The van der Waals surface area contributed by atoms with Gasteiger partial charge in [0.25, 0.3) is 0 Å². The number of phenols is 1. The molecule has 11 heteroatoms. The van der Waals surface area contributed by atoms with Gasteiger partial charge in [-0.3, -0.25) is 19.2 Å². The summed E-state index contributed by atoms with van der Waals surface area (Å²) in [7, 11) is 0. The fraction of sp³-hybridized carbons (Fsp3) is 0.444. The first-order valence-electron chi connectivity index (χ1n) is 8.83. The van der Waals surface area contributed by atoms with Crippen molar-refractivity contribution in [2.45, 2.75) is 44.4 Å². The van der Waals surface area contributed by atoms with Crippen LogP contribution in [0.5, 0.6) is 5.75 Å². The van der Waals surface area contributed by atoms with E-state index in [9.17, 15) is 24.3 Å². The highest BCUT2D eigenvalue weighted by atomic mass is 32.1. The number of amides is 3. The Bertz CT molecular complexity index is 740. The van der Waals surface area contributed by atoms with E-state index < -0.39 is 47.9 Å². The monoisotopic (exact) mass is 426 g/mol. The molecule has 0 heterocycles. The van der Waals surface area contributed by atoms with Gasteiger partial charge in [0.05, 0.1) is 6.04 Å². The largest absolute Gasteiger partial charge is 0.508 e. The second kappa shape index (κ2) is 11.3. The van der Waals surface area contributed by atoms with Crippen molar-refractivity contribution in [1.82, 2.24) is 16.0 Å². The second-order valence-electron chi connectivity index (χ2n) is 6.53. The van der Waals surface area contributed by atoms with Crippen LogP contribution in [0.25, 0.3) is 0 Å². The number of aromatic hydroxyl groups is 1. The molecule has 7 N–H and O–H groups in total. The van der Waals surface area contributed by atoms with E-state index in [0.717, 1.165) is 0 Å². The maximum absolute atomic E-state index is 12.7. The van der Waals surface area contributed by atoms with E-state index in [1.165, 1.54) is 26.0 Å². The standard InChI is InChI=1S/C18H26N4O6S/c1-9(19)15(24)21-13(7-11-3-5-12(23)6-4-11)16(25)22-14(8-29)17(26)20-10(2)18(27)28/h3-6,9-10,13-14,23,29H,7-8,19H2,1-2H3,(H,20,26)(H,21,24)(H,22,25)(H,27,28). The first-order valence-corrected chi connectivity index (χ1v) is 9.46. The van der Waals surface area contributed by atoms with E-state index in [1.807, 2.05) is 0 Å². The van der Waals surface area contributed by atoms with E-state index in [4.69, 9.17) is 10.8 Å². The van der Waals surface area contributed by atoms with Crippen molar-refractivity contribution in [3.05, 3.63) is 29.8 Å². The van der Waals surface area contributed by atoms with Crippen molar-refractivity contribution in [3.63, 3.8) is 0 Å². The molecule has 1 rings (SSSR count). The molecule has 0 aliphatic rings. The zero-order valence-electron chi connectivity index (χ0n) is 16.1. The Morgan fingerprint density at radius 2 is 1.48 bits per heavy atom. The van der Waals surface area contributed by atoms with Crippen molar-refractivity contribution in [3.8, 4) is 5.75 Å². The molecule has 0 bridgehead atoms. The molecule has 10 nitrogen and oxygen atoms in total. The van der Waals surface area contributed by atoms with Crippen molar-refractivity contribution in [1.29, 1.82) is 0 Å². The molecule has 1 aromatic rings. The Kier molecular flexibility index (Phi) is 9.42. The average Bonchev–Trinajstić information content (AvgIpc) is 2.66. The number of carboxylic acid groups (broad SMARTS) is 1. The van der Waals surface area contributed by atoms with Gasteiger partial charge < -0.3 is 31.9 Å². The summed E-state index contributed by atoms with van der Waals surface area (Å²) in [6, 6.07) is 1.89. The van der Waals surface area contributed by atoms with Crippen LogP contribution in [0, 0.1) is 0 Å². The molecule has 1 aromatic carbocycles. The van der Waals surface area contributed by atoms with E-state index in [-0.39, 0.29) is 17.9 Å². The lowest BCUT2D eigenvalue weighted by atomic mass is 10.0. The van der Waals surface area contributed by atoms with Crippen LogP contribution < -0.4 is 21.7 Å². The summed E-state index contributed by atoms with van der Waals surface area (Å²) in [6.45, 7) is 2.75. The summed E-state index contributed by atoms with van der Waals surface area (Å²) < 4.78 is 0. The fourth-order valence-electron chi connectivity index (χ4n) is 2.22. The quantitative estimate of drug-likeness (QED) is 0.230. The molecule has 0 fully saturated rings. The number of rotatable bonds is 10. The van der Waals surface area contributed by atoms with Crippen LogP contribution in [-0.4, -0.2) is 63.8 Å². The molecule has 0 radical (unpaired) electrons. The third kappa shape index (κ3) is 8.00. The van der Waals surface area contributed by atoms with E-state index in [1.54, 1.807) is 12.1 Å². The molecular formula is C18H26N4O6S. The molecular weight excluding hydrogens is 400 g/mol. The molecule has 4 atom stereocenters. The highest BCUT2D eigenvalue weighted by molar-refractivity contribution is 7.80. The number of thiol groups is 1. The van der Waals surface area contributed by atoms with Gasteiger partial charge in [-0.05, 0) is 31.5 Å². The number of nitrogens with one attached hydrogen (secondary N) is 3. The van der Waals surface area contributed by atoms with Crippen molar-refractivity contribution in [2.75, 3.05) is 5.75 Å². The molecule has 0 spiro atoms. The maximum atomic E-state index is 12.7. The number of carbonyl (C=O) groups excluding carboxylic acids is 3. The van der Waals surface area contributed by atoms with Gasteiger partial charge in [-0.1, -0.05) is 12.1 Å². The van der Waals surface area contributed by atoms with Crippen molar-refractivity contribution < 1.29 is 29.4 Å². The summed E-state index contributed by atoms with van der Waals surface area (Å²) in [6.07, 6.45) is 0.0804. The lowest BCUT2D eigenvalue weighted by Crippen LogP contribution is -2.57. The molecule has 0 aliphatic heterocycles. The minimum atomic E-state index is -1.23. The number of hydrogen-bond donors (Lipinski definition) is 7. The third-order valence-corrected chi connectivity index (χ3v) is 4.33. The SMILES string of the molecule is CC(N)C(=O)NC(Cc1ccc(O)cc1)C(=O)NC(CS)C(=O)NC(C)C(=O)O. The molecule has 0 aliphatic carbocycles. The third-order valence-electron chi connectivity index (χ3n) is 3.97. The zero-order valence-corrected chi connectivity index (χ0v) is 17.0. The lowest BCUT2D eigenvalue weighted by molar-refractivity contribution is -0.141. The normalized spacial score (nSPS) is 14.8. The molecule has 29 heavy (non-hydrogen) atoms. The molecule has 0 aromatic heterocycles. The molecule has 3 amide bonds. The first-order chi connectivity index (χ1) is 13.5. The highest BCUT2D eigenvalue weighted by Crippen LogP contribution is 2.12. The topological polar surface area (TPSA) is 171 Å². The molecule has 160 valence electrons. The number of benzene rings is 1. The van der Waals surface area contributed by atoms with E-state index >= 15 is 0 Å². The first kappa shape index (κ1) is 24.2. The minimum absolute atomic E-state index is 0.0497. The van der Waals surface area contributed by atoms with Crippen LogP contribution in [-0.2, 0) is 25.6 Å². The lowest BCUT2D eigenvalue weighted by Gasteiger charge is -2.23. The second-order valence-corrected chi connectivity index (χ2v) is 6.90. The van der Waals surface area contributed by atoms with Crippen LogP contribution >= 0.6 is 12.6 Å². The van der Waals surface area contributed by atoms with Gasteiger partial charge in [0.15, 0.2) is 0 Å². The van der Waals surface area contributed by atoms with Crippen molar-refractivity contribution in [2.24, 2.45) is 5.73 Å². The Morgan fingerprint density at radius 1 is 0.966 bits per heavy atom. The minimum Gasteiger partial charge on any atom is -0.508 e. The van der Waals surface area contributed by atoms with E-state index in [0.29, 0.717) is 5.56 Å². The van der Waals surface area contributed by atoms with Crippen LogP contribution in [0.3, 0.4) is 0 Å². The summed E-state index contributed by atoms with van der Waals surface area (Å²) in [5.41, 5.74) is 6.20. The van der Waals surface area contributed by atoms with Crippen LogP contribution in [0.2, 0.25) is 0 Å². The van der Waals surface area contributed by atoms with Crippen LogP contribution in [0.15, 0.2) is 24.3 Å².